The van der Waals surface area contributed by atoms with Crippen molar-refractivity contribution in [2.45, 2.75) is 26.2 Å². The van der Waals surface area contributed by atoms with Gasteiger partial charge in [0.15, 0.2) is 0 Å². The third kappa shape index (κ3) is 3.71. The number of amides is 3. The van der Waals surface area contributed by atoms with Gasteiger partial charge < -0.3 is 10.2 Å². The summed E-state index contributed by atoms with van der Waals surface area (Å²) < 4.78 is 0. The summed E-state index contributed by atoms with van der Waals surface area (Å²) >= 11 is 6.21. The van der Waals surface area contributed by atoms with Gasteiger partial charge in [-0.05, 0) is 55.2 Å². The van der Waals surface area contributed by atoms with Gasteiger partial charge in [0, 0.05) is 24.3 Å². The number of hydrogen-bond donors (Lipinski definition) is 1. The Labute approximate surface area is 180 Å². The first-order valence-electron chi connectivity index (χ1n) is 10.0. The van der Waals surface area contributed by atoms with Gasteiger partial charge in [0.25, 0.3) is 17.7 Å². The maximum atomic E-state index is 12.9. The van der Waals surface area contributed by atoms with Gasteiger partial charge in [-0.15, -0.1) is 0 Å². The quantitative estimate of drug-likeness (QED) is 0.740. The predicted molar refractivity (Wildman–Crippen MR) is 116 cm³/mol. The topological polar surface area (TPSA) is 69.7 Å². The Balaban J connectivity index is 1.55. The van der Waals surface area contributed by atoms with Crippen molar-refractivity contribution in [2.75, 3.05) is 23.3 Å². The van der Waals surface area contributed by atoms with Gasteiger partial charge in [-0.1, -0.05) is 36.7 Å². The number of imide groups is 1. The molecule has 0 radical (unpaired) electrons. The molecule has 1 N–H and O–H groups in total. The molecule has 1 fully saturated rings. The number of hydrogen-bond acceptors (Lipinski definition) is 4. The molecule has 4 rings (SSSR count). The number of nitrogens with zero attached hydrogens (tertiary/aromatic N) is 2. The summed E-state index contributed by atoms with van der Waals surface area (Å²) in [5.74, 6) is -1.13. The van der Waals surface area contributed by atoms with E-state index >= 15 is 0 Å². The van der Waals surface area contributed by atoms with Crippen LogP contribution in [0.5, 0.6) is 0 Å². The SMILES string of the molecule is CCc1ccc(N2C(=O)C(Cl)=C(Nc3cccc(C(=O)N4CCCC4)c3)C2=O)cc1. The minimum absolute atomic E-state index is 0.00649. The number of carbonyl (C=O) groups is 3. The lowest BCUT2D eigenvalue weighted by molar-refractivity contribution is -0.120. The molecule has 2 aromatic carbocycles. The molecule has 0 aliphatic carbocycles. The summed E-state index contributed by atoms with van der Waals surface area (Å²) in [5.41, 5.74) is 2.64. The van der Waals surface area contributed by atoms with Crippen molar-refractivity contribution in [2.24, 2.45) is 0 Å². The van der Waals surface area contributed by atoms with Crippen LogP contribution in [-0.2, 0) is 16.0 Å². The van der Waals surface area contributed by atoms with Crippen molar-refractivity contribution in [3.05, 3.63) is 70.4 Å². The first-order chi connectivity index (χ1) is 14.5. The summed E-state index contributed by atoms with van der Waals surface area (Å²) in [7, 11) is 0. The van der Waals surface area contributed by atoms with Gasteiger partial charge in [0.1, 0.15) is 10.7 Å². The molecule has 7 heteroatoms. The average Bonchev–Trinajstić information content (AvgIpc) is 3.38. The zero-order valence-electron chi connectivity index (χ0n) is 16.7. The van der Waals surface area contributed by atoms with Gasteiger partial charge in [-0.3, -0.25) is 14.4 Å². The van der Waals surface area contributed by atoms with Gasteiger partial charge in [0.2, 0.25) is 0 Å². The summed E-state index contributed by atoms with van der Waals surface area (Å²) in [6.07, 6.45) is 2.89. The molecular formula is C23H22ClN3O3. The van der Waals surface area contributed by atoms with Crippen molar-refractivity contribution in [1.29, 1.82) is 0 Å². The molecule has 0 bridgehead atoms. The highest BCUT2D eigenvalue weighted by molar-refractivity contribution is 6.53. The van der Waals surface area contributed by atoms with E-state index < -0.39 is 11.8 Å². The molecule has 3 amide bonds. The van der Waals surface area contributed by atoms with E-state index in [0.717, 1.165) is 42.8 Å². The number of nitrogens with one attached hydrogen (secondary N) is 1. The standard InChI is InChI=1S/C23H22ClN3O3/c1-2-15-8-10-18(11-9-15)27-22(29)19(24)20(23(27)30)25-17-7-5-6-16(14-17)21(28)26-12-3-4-13-26/h5-11,14,25H,2-4,12-13H2,1H3. The van der Waals surface area contributed by atoms with E-state index in [1.165, 1.54) is 0 Å². The fourth-order valence-electron chi connectivity index (χ4n) is 3.70. The molecule has 0 spiro atoms. The van der Waals surface area contributed by atoms with Crippen LogP contribution in [0.4, 0.5) is 11.4 Å². The fourth-order valence-corrected chi connectivity index (χ4v) is 3.92. The monoisotopic (exact) mass is 423 g/mol. The number of anilines is 2. The van der Waals surface area contributed by atoms with Gasteiger partial charge >= 0.3 is 0 Å². The van der Waals surface area contributed by atoms with E-state index in [1.807, 2.05) is 24.0 Å². The molecular weight excluding hydrogens is 402 g/mol. The van der Waals surface area contributed by atoms with E-state index in [0.29, 0.717) is 16.9 Å². The molecule has 0 unspecified atom stereocenters. The Kier molecular flexibility index (Phi) is 5.59. The summed E-state index contributed by atoms with van der Waals surface area (Å²) in [5, 5.41) is 2.77. The van der Waals surface area contributed by atoms with Crippen LogP contribution in [0.15, 0.2) is 59.3 Å². The second kappa shape index (κ2) is 8.32. The normalized spacial score (nSPS) is 16.6. The largest absolute Gasteiger partial charge is 0.350 e. The number of benzene rings is 2. The van der Waals surface area contributed by atoms with Crippen LogP contribution in [0.1, 0.15) is 35.7 Å². The molecule has 154 valence electrons. The first kappa shape index (κ1) is 20.2. The van der Waals surface area contributed by atoms with Gasteiger partial charge in [-0.25, -0.2) is 4.90 Å². The van der Waals surface area contributed by atoms with Crippen molar-refractivity contribution < 1.29 is 14.4 Å². The van der Waals surface area contributed by atoms with Crippen LogP contribution in [0.3, 0.4) is 0 Å². The highest BCUT2D eigenvalue weighted by Crippen LogP contribution is 2.30. The lowest BCUT2D eigenvalue weighted by atomic mass is 10.1. The zero-order valence-corrected chi connectivity index (χ0v) is 17.4. The number of carbonyl (C=O) groups excluding carboxylic acids is 3. The summed E-state index contributed by atoms with van der Waals surface area (Å²) in [6.45, 7) is 3.54. The van der Waals surface area contributed by atoms with Crippen LogP contribution < -0.4 is 10.2 Å². The highest BCUT2D eigenvalue weighted by Gasteiger charge is 2.39. The predicted octanol–water partition coefficient (Wildman–Crippen LogP) is 3.92. The number of aryl methyl sites for hydroxylation is 1. The Bertz CT molecular complexity index is 1040. The second-order valence-corrected chi connectivity index (χ2v) is 7.74. The van der Waals surface area contributed by atoms with E-state index in [-0.39, 0.29) is 16.6 Å². The third-order valence-corrected chi connectivity index (χ3v) is 5.75. The molecule has 2 aliphatic heterocycles. The Hall–Kier alpha value is -3.12. The lowest BCUT2D eigenvalue weighted by Gasteiger charge is -2.17. The summed E-state index contributed by atoms with van der Waals surface area (Å²) in [6, 6.07) is 14.1. The van der Waals surface area contributed by atoms with Crippen LogP contribution >= 0.6 is 11.6 Å². The van der Waals surface area contributed by atoms with Crippen LogP contribution in [0, 0.1) is 0 Å². The first-order valence-corrected chi connectivity index (χ1v) is 10.4. The maximum Gasteiger partial charge on any atom is 0.283 e. The molecule has 2 heterocycles. The molecule has 2 aliphatic rings. The number of rotatable bonds is 5. The van der Waals surface area contributed by atoms with E-state index in [9.17, 15) is 14.4 Å². The van der Waals surface area contributed by atoms with E-state index in [1.54, 1.807) is 36.4 Å². The lowest BCUT2D eigenvalue weighted by Crippen LogP contribution is -2.32. The summed E-state index contributed by atoms with van der Waals surface area (Å²) in [4.78, 5) is 41.1. The van der Waals surface area contributed by atoms with Crippen molar-refractivity contribution in [1.82, 2.24) is 4.90 Å². The van der Waals surface area contributed by atoms with Crippen LogP contribution in [-0.4, -0.2) is 35.7 Å². The number of likely N-dealkylation sites (tertiary alicyclic amines) is 1. The van der Waals surface area contributed by atoms with Crippen LogP contribution in [0.25, 0.3) is 0 Å². The Morgan fingerprint density at radius 1 is 1.03 bits per heavy atom. The average molecular weight is 424 g/mol. The van der Waals surface area contributed by atoms with Crippen molar-refractivity contribution in [3.8, 4) is 0 Å². The fraction of sp³-hybridized carbons (Fsp3) is 0.261. The molecule has 30 heavy (non-hydrogen) atoms. The Morgan fingerprint density at radius 2 is 1.73 bits per heavy atom. The smallest absolute Gasteiger partial charge is 0.283 e. The minimum Gasteiger partial charge on any atom is -0.350 e. The Morgan fingerprint density at radius 3 is 2.40 bits per heavy atom. The second-order valence-electron chi connectivity index (χ2n) is 7.36. The van der Waals surface area contributed by atoms with E-state index in [4.69, 9.17) is 11.6 Å². The molecule has 2 aromatic rings. The maximum absolute atomic E-state index is 12.9. The van der Waals surface area contributed by atoms with Gasteiger partial charge in [-0.2, -0.15) is 0 Å². The third-order valence-electron chi connectivity index (χ3n) is 5.40. The van der Waals surface area contributed by atoms with Gasteiger partial charge in [0.05, 0.1) is 5.69 Å². The number of halogens is 1. The zero-order chi connectivity index (χ0) is 21.3. The molecule has 6 nitrogen and oxygen atoms in total. The highest BCUT2D eigenvalue weighted by atomic mass is 35.5. The van der Waals surface area contributed by atoms with Crippen molar-refractivity contribution in [3.63, 3.8) is 0 Å². The molecule has 1 saturated heterocycles. The van der Waals surface area contributed by atoms with E-state index in [2.05, 4.69) is 5.32 Å². The van der Waals surface area contributed by atoms with Crippen molar-refractivity contribution >= 4 is 40.7 Å². The minimum atomic E-state index is -0.572. The molecule has 0 aromatic heterocycles. The van der Waals surface area contributed by atoms with Crippen LogP contribution in [0.2, 0.25) is 0 Å². The molecule has 0 saturated carbocycles. The molecule has 0 atom stereocenters.